The van der Waals surface area contributed by atoms with Gasteiger partial charge in [0.1, 0.15) is 23.5 Å². The van der Waals surface area contributed by atoms with E-state index in [2.05, 4.69) is 5.32 Å². The van der Waals surface area contributed by atoms with Crippen molar-refractivity contribution in [3.63, 3.8) is 0 Å². The van der Waals surface area contributed by atoms with Crippen LogP contribution >= 0.6 is 0 Å². The summed E-state index contributed by atoms with van der Waals surface area (Å²) in [6.45, 7) is 1.10. The minimum Gasteiger partial charge on any atom is -0.458 e. The molecule has 0 radical (unpaired) electrons. The standard InChI is InChI=1S/C17H18N2O5/c1-17(23,13-8-11-4-2-3-5-12(11)24-13)10-18-14(20)9-19-15(21)6-7-16(19)22/h2-5,8,23H,6-7,9-10H2,1H3,(H,18,20)/t17-/m1/s1. The highest BCUT2D eigenvalue weighted by molar-refractivity contribution is 6.04. The Hall–Kier alpha value is -2.67. The van der Waals surface area contributed by atoms with E-state index in [9.17, 15) is 19.5 Å². The van der Waals surface area contributed by atoms with Gasteiger partial charge in [-0.05, 0) is 19.1 Å². The van der Waals surface area contributed by atoms with Gasteiger partial charge in [-0.15, -0.1) is 0 Å². The van der Waals surface area contributed by atoms with Gasteiger partial charge in [0.05, 0.1) is 6.54 Å². The smallest absolute Gasteiger partial charge is 0.240 e. The van der Waals surface area contributed by atoms with E-state index in [1.54, 1.807) is 12.1 Å². The monoisotopic (exact) mass is 330 g/mol. The molecule has 126 valence electrons. The third-order valence-electron chi connectivity index (χ3n) is 4.04. The number of benzene rings is 1. The fraction of sp³-hybridized carbons (Fsp3) is 0.353. The summed E-state index contributed by atoms with van der Waals surface area (Å²) in [5.74, 6) is -0.870. The van der Waals surface area contributed by atoms with Crippen LogP contribution in [-0.2, 0) is 20.0 Å². The van der Waals surface area contributed by atoms with Gasteiger partial charge in [0, 0.05) is 18.2 Å². The van der Waals surface area contributed by atoms with E-state index in [-0.39, 0.29) is 37.7 Å². The summed E-state index contributed by atoms with van der Waals surface area (Å²) in [5.41, 5.74) is -0.763. The van der Waals surface area contributed by atoms with Crippen LogP contribution in [0.15, 0.2) is 34.7 Å². The van der Waals surface area contributed by atoms with Gasteiger partial charge in [0.25, 0.3) is 0 Å². The molecule has 0 aliphatic carbocycles. The van der Waals surface area contributed by atoms with Gasteiger partial charge in [-0.2, -0.15) is 0 Å². The number of nitrogens with one attached hydrogen (secondary N) is 1. The zero-order valence-corrected chi connectivity index (χ0v) is 13.2. The minimum atomic E-state index is -1.41. The van der Waals surface area contributed by atoms with Gasteiger partial charge in [0.2, 0.25) is 17.7 Å². The summed E-state index contributed by atoms with van der Waals surface area (Å²) in [4.78, 5) is 35.9. The second kappa shape index (κ2) is 6.09. The van der Waals surface area contributed by atoms with Crippen molar-refractivity contribution in [1.82, 2.24) is 10.2 Å². The predicted octanol–water partition coefficient (Wildman–Crippen LogP) is 0.905. The van der Waals surface area contributed by atoms with Crippen molar-refractivity contribution < 1.29 is 23.9 Å². The number of carbonyl (C=O) groups excluding carboxylic acids is 3. The average molecular weight is 330 g/mol. The molecule has 1 aliphatic heterocycles. The van der Waals surface area contributed by atoms with E-state index in [0.717, 1.165) is 10.3 Å². The number of imide groups is 1. The molecule has 0 unspecified atom stereocenters. The van der Waals surface area contributed by atoms with E-state index in [1.165, 1.54) is 6.92 Å². The van der Waals surface area contributed by atoms with Crippen LogP contribution < -0.4 is 5.32 Å². The molecule has 1 aliphatic rings. The molecular weight excluding hydrogens is 312 g/mol. The van der Waals surface area contributed by atoms with Crippen molar-refractivity contribution >= 4 is 28.7 Å². The second-order valence-corrected chi connectivity index (χ2v) is 6.07. The number of carbonyl (C=O) groups is 3. The molecule has 2 heterocycles. The van der Waals surface area contributed by atoms with Crippen LogP contribution in [0.1, 0.15) is 25.5 Å². The van der Waals surface area contributed by atoms with Crippen molar-refractivity contribution in [1.29, 1.82) is 0 Å². The summed E-state index contributed by atoms with van der Waals surface area (Å²) >= 11 is 0. The maximum atomic E-state index is 11.9. The summed E-state index contributed by atoms with van der Waals surface area (Å²) in [6, 6.07) is 9.06. The number of hydrogen-bond donors (Lipinski definition) is 2. The lowest BCUT2D eigenvalue weighted by Crippen LogP contribution is -2.44. The van der Waals surface area contributed by atoms with E-state index in [1.807, 2.05) is 18.2 Å². The normalized spacial score (nSPS) is 17.3. The van der Waals surface area contributed by atoms with Gasteiger partial charge in [-0.3, -0.25) is 19.3 Å². The first-order chi connectivity index (χ1) is 11.4. The van der Waals surface area contributed by atoms with Crippen molar-refractivity contribution in [2.75, 3.05) is 13.1 Å². The topological polar surface area (TPSA) is 99.9 Å². The Morgan fingerprint density at radius 1 is 1.29 bits per heavy atom. The number of rotatable bonds is 5. The van der Waals surface area contributed by atoms with Gasteiger partial charge < -0.3 is 14.8 Å². The number of fused-ring (bicyclic) bond motifs is 1. The highest BCUT2D eigenvalue weighted by Crippen LogP contribution is 2.27. The molecule has 7 heteroatoms. The highest BCUT2D eigenvalue weighted by atomic mass is 16.4. The predicted molar refractivity (Wildman–Crippen MR) is 84.7 cm³/mol. The van der Waals surface area contributed by atoms with Gasteiger partial charge in [-0.1, -0.05) is 18.2 Å². The maximum Gasteiger partial charge on any atom is 0.240 e. The van der Waals surface area contributed by atoms with Crippen LogP contribution in [0.4, 0.5) is 0 Å². The van der Waals surface area contributed by atoms with E-state index in [0.29, 0.717) is 11.3 Å². The van der Waals surface area contributed by atoms with Gasteiger partial charge >= 0.3 is 0 Å². The Labute approximate surface area is 138 Å². The molecular formula is C17H18N2O5. The summed E-state index contributed by atoms with van der Waals surface area (Å²) in [6.07, 6.45) is 0.283. The van der Waals surface area contributed by atoms with Gasteiger partial charge in [0.15, 0.2) is 0 Å². The van der Waals surface area contributed by atoms with Gasteiger partial charge in [-0.25, -0.2) is 0 Å². The molecule has 7 nitrogen and oxygen atoms in total. The Morgan fingerprint density at radius 2 is 1.96 bits per heavy atom. The Kier molecular flexibility index (Phi) is 4.11. The Morgan fingerprint density at radius 3 is 2.62 bits per heavy atom. The van der Waals surface area contributed by atoms with Crippen molar-refractivity contribution in [2.45, 2.75) is 25.4 Å². The van der Waals surface area contributed by atoms with Crippen LogP contribution in [0, 0.1) is 0 Å². The van der Waals surface area contributed by atoms with Crippen LogP contribution in [0.5, 0.6) is 0 Å². The maximum absolute atomic E-state index is 11.9. The lowest BCUT2D eigenvalue weighted by molar-refractivity contribution is -0.142. The first kappa shape index (κ1) is 16.2. The summed E-state index contributed by atoms with van der Waals surface area (Å²) in [7, 11) is 0. The SMILES string of the molecule is C[C@@](O)(CNC(=O)CN1C(=O)CCC1=O)c1cc2ccccc2o1. The van der Waals surface area contributed by atoms with Crippen LogP contribution in [0.2, 0.25) is 0 Å². The fourth-order valence-corrected chi connectivity index (χ4v) is 2.60. The Balaban J connectivity index is 1.63. The first-order valence-electron chi connectivity index (χ1n) is 7.68. The lowest BCUT2D eigenvalue weighted by Gasteiger charge is -2.22. The Bertz CT molecular complexity index is 759. The van der Waals surface area contributed by atoms with Crippen LogP contribution in [0.3, 0.4) is 0 Å². The minimum absolute atomic E-state index is 0.0954. The molecule has 1 atom stereocenters. The van der Waals surface area contributed by atoms with Crippen molar-refractivity contribution in [2.24, 2.45) is 0 Å². The number of amides is 3. The molecule has 24 heavy (non-hydrogen) atoms. The van der Waals surface area contributed by atoms with E-state index >= 15 is 0 Å². The molecule has 3 amide bonds. The highest BCUT2D eigenvalue weighted by Gasteiger charge is 2.32. The summed E-state index contributed by atoms with van der Waals surface area (Å²) < 4.78 is 5.61. The molecule has 1 aromatic carbocycles. The molecule has 0 bridgehead atoms. The average Bonchev–Trinajstić information content (AvgIpc) is 3.12. The van der Waals surface area contributed by atoms with Crippen molar-refractivity contribution in [3.8, 4) is 0 Å². The fourth-order valence-electron chi connectivity index (χ4n) is 2.60. The number of furan rings is 1. The zero-order valence-electron chi connectivity index (χ0n) is 13.2. The van der Waals surface area contributed by atoms with Crippen molar-refractivity contribution in [3.05, 3.63) is 36.1 Å². The number of likely N-dealkylation sites (tertiary alicyclic amines) is 1. The van der Waals surface area contributed by atoms with E-state index in [4.69, 9.17) is 4.42 Å². The third-order valence-corrected chi connectivity index (χ3v) is 4.04. The lowest BCUT2D eigenvalue weighted by atomic mass is 10.0. The van der Waals surface area contributed by atoms with Crippen LogP contribution in [-0.4, -0.2) is 40.8 Å². The summed E-state index contributed by atoms with van der Waals surface area (Å²) in [5, 5.41) is 13.9. The van der Waals surface area contributed by atoms with E-state index < -0.39 is 11.5 Å². The number of para-hydroxylation sites is 1. The quantitative estimate of drug-likeness (QED) is 0.794. The second-order valence-electron chi connectivity index (χ2n) is 6.07. The molecule has 0 spiro atoms. The molecule has 1 saturated heterocycles. The number of aliphatic hydroxyl groups is 1. The molecule has 1 fully saturated rings. The molecule has 1 aromatic heterocycles. The largest absolute Gasteiger partial charge is 0.458 e. The zero-order chi connectivity index (χ0) is 17.3. The third kappa shape index (κ3) is 3.16. The number of nitrogens with zero attached hydrogens (tertiary/aromatic N) is 1. The molecule has 3 rings (SSSR count). The molecule has 0 saturated carbocycles. The molecule has 2 aromatic rings. The van der Waals surface area contributed by atoms with Crippen LogP contribution in [0.25, 0.3) is 11.0 Å². The number of hydrogen-bond acceptors (Lipinski definition) is 5. The first-order valence-corrected chi connectivity index (χ1v) is 7.68. The molecule has 2 N–H and O–H groups in total.